The van der Waals surface area contributed by atoms with E-state index in [2.05, 4.69) is 0 Å². The lowest BCUT2D eigenvalue weighted by Gasteiger charge is -2.12. The quantitative estimate of drug-likeness (QED) is 0.336. The molecule has 0 N–H and O–H groups in total. The highest BCUT2D eigenvalue weighted by molar-refractivity contribution is 5.94. The van der Waals surface area contributed by atoms with Gasteiger partial charge in [0.05, 0.1) is 25.2 Å². The molecule has 1 aromatic heterocycles. The number of esters is 1. The molecule has 0 aliphatic rings. The van der Waals surface area contributed by atoms with Gasteiger partial charge in [-0.1, -0.05) is 30.3 Å². The smallest absolute Gasteiger partial charge is 0.347 e. The van der Waals surface area contributed by atoms with Crippen LogP contribution in [0.15, 0.2) is 75.9 Å². The Morgan fingerprint density at radius 2 is 1.55 bits per heavy atom. The third-order valence-corrected chi connectivity index (χ3v) is 4.95. The van der Waals surface area contributed by atoms with Crippen molar-refractivity contribution in [2.45, 2.75) is 6.92 Å². The summed E-state index contributed by atoms with van der Waals surface area (Å²) in [7, 11) is 3.04. The molecule has 0 fully saturated rings. The van der Waals surface area contributed by atoms with E-state index in [1.54, 1.807) is 56.5 Å². The van der Waals surface area contributed by atoms with Crippen molar-refractivity contribution in [3.05, 3.63) is 88.3 Å². The predicted molar refractivity (Wildman–Crippen MR) is 117 cm³/mol. The van der Waals surface area contributed by atoms with Gasteiger partial charge < -0.3 is 18.6 Å². The summed E-state index contributed by atoms with van der Waals surface area (Å²) in [5.41, 5.74) is 1.53. The minimum atomic E-state index is -0.568. The number of para-hydroxylation sites is 2. The Morgan fingerprint density at radius 1 is 0.871 bits per heavy atom. The van der Waals surface area contributed by atoms with E-state index in [9.17, 15) is 9.59 Å². The van der Waals surface area contributed by atoms with Gasteiger partial charge >= 0.3 is 5.97 Å². The SMILES string of the molecule is COc1ccccc1C(=O)Oc1ccc2c(=O)c(-c3ccccc3OC)c(C)oc2c1. The first-order chi connectivity index (χ1) is 15.0. The van der Waals surface area contributed by atoms with Crippen molar-refractivity contribution in [1.29, 1.82) is 0 Å². The van der Waals surface area contributed by atoms with Crippen LogP contribution in [0.25, 0.3) is 22.1 Å². The van der Waals surface area contributed by atoms with Gasteiger partial charge in [-0.3, -0.25) is 4.79 Å². The highest BCUT2D eigenvalue weighted by Gasteiger charge is 2.18. The molecule has 6 heteroatoms. The van der Waals surface area contributed by atoms with Crippen molar-refractivity contribution in [3.63, 3.8) is 0 Å². The fourth-order valence-corrected chi connectivity index (χ4v) is 3.49. The molecule has 0 spiro atoms. The highest BCUT2D eigenvalue weighted by atomic mass is 16.5. The lowest BCUT2D eigenvalue weighted by atomic mass is 10.0. The number of rotatable bonds is 5. The zero-order valence-electron chi connectivity index (χ0n) is 17.3. The third kappa shape index (κ3) is 3.75. The lowest BCUT2D eigenvalue weighted by Crippen LogP contribution is -2.11. The third-order valence-electron chi connectivity index (χ3n) is 4.95. The minimum Gasteiger partial charge on any atom is -0.496 e. The largest absolute Gasteiger partial charge is 0.496 e. The van der Waals surface area contributed by atoms with Crippen LogP contribution in [0.1, 0.15) is 16.1 Å². The maximum absolute atomic E-state index is 13.2. The molecule has 4 rings (SSSR count). The van der Waals surface area contributed by atoms with Gasteiger partial charge in [-0.05, 0) is 37.3 Å². The monoisotopic (exact) mass is 416 g/mol. The number of fused-ring (bicyclic) bond motifs is 1. The van der Waals surface area contributed by atoms with Crippen LogP contribution in [0.5, 0.6) is 17.2 Å². The van der Waals surface area contributed by atoms with Crippen molar-refractivity contribution in [1.82, 2.24) is 0 Å². The van der Waals surface area contributed by atoms with E-state index < -0.39 is 5.97 Å². The van der Waals surface area contributed by atoms with Gasteiger partial charge in [-0.25, -0.2) is 4.79 Å². The molecule has 1 heterocycles. The molecule has 0 atom stereocenters. The Kier molecular flexibility index (Phi) is 5.45. The van der Waals surface area contributed by atoms with Crippen molar-refractivity contribution in [2.75, 3.05) is 14.2 Å². The van der Waals surface area contributed by atoms with E-state index in [1.807, 2.05) is 18.2 Å². The van der Waals surface area contributed by atoms with Gasteiger partial charge in [0, 0.05) is 11.6 Å². The normalized spacial score (nSPS) is 10.7. The van der Waals surface area contributed by atoms with Crippen LogP contribution >= 0.6 is 0 Å². The Morgan fingerprint density at radius 3 is 2.29 bits per heavy atom. The summed E-state index contributed by atoms with van der Waals surface area (Å²) in [5.74, 6) is 1.13. The molecule has 31 heavy (non-hydrogen) atoms. The number of aryl methyl sites for hydroxylation is 1. The van der Waals surface area contributed by atoms with E-state index in [4.69, 9.17) is 18.6 Å². The molecule has 3 aromatic carbocycles. The van der Waals surface area contributed by atoms with E-state index in [0.29, 0.717) is 44.9 Å². The molecule has 0 radical (unpaired) electrons. The molecular weight excluding hydrogens is 396 g/mol. The van der Waals surface area contributed by atoms with Crippen molar-refractivity contribution in [2.24, 2.45) is 0 Å². The van der Waals surface area contributed by atoms with Gasteiger partial charge in [0.1, 0.15) is 34.2 Å². The summed E-state index contributed by atoms with van der Waals surface area (Å²) in [5, 5.41) is 0.378. The topological polar surface area (TPSA) is 75.0 Å². The molecule has 0 unspecified atom stereocenters. The zero-order valence-corrected chi connectivity index (χ0v) is 17.3. The van der Waals surface area contributed by atoms with E-state index in [1.165, 1.54) is 13.2 Å². The summed E-state index contributed by atoms with van der Waals surface area (Å²) < 4.78 is 22.0. The van der Waals surface area contributed by atoms with Crippen LogP contribution in [0.3, 0.4) is 0 Å². The number of benzene rings is 3. The lowest BCUT2D eigenvalue weighted by molar-refractivity contribution is 0.0731. The van der Waals surface area contributed by atoms with Crippen LogP contribution in [-0.2, 0) is 0 Å². The summed E-state index contributed by atoms with van der Waals surface area (Å²) >= 11 is 0. The Bertz CT molecular complexity index is 1340. The maximum atomic E-state index is 13.2. The number of ether oxygens (including phenoxy) is 3. The Labute approximate surface area is 178 Å². The highest BCUT2D eigenvalue weighted by Crippen LogP contribution is 2.32. The van der Waals surface area contributed by atoms with Gasteiger partial charge in [0.15, 0.2) is 0 Å². The predicted octanol–water partition coefficient (Wildman–Crippen LogP) is 5.00. The molecule has 0 saturated heterocycles. The van der Waals surface area contributed by atoms with Gasteiger partial charge in [0.25, 0.3) is 0 Å². The maximum Gasteiger partial charge on any atom is 0.347 e. The molecule has 0 amide bonds. The van der Waals surface area contributed by atoms with Gasteiger partial charge in [0.2, 0.25) is 5.43 Å². The first-order valence-corrected chi connectivity index (χ1v) is 9.59. The first kappa shape index (κ1) is 20.2. The minimum absolute atomic E-state index is 0.189. The molecule has 0 aliphatic heterocycles. The van der Waals surface area contributed by atoms with E-state index in [0.717, 1.165) is 0 Å². The molecule has 156 valence electrons. The average Bonchev–Trinajstić information content (AvgIpc) is 2.79. The summed E-state index contributed by atoms with van der Waals surface area (Å²) in [6, 6.07) is 18.7. The number of methoxy groups -OCH3 is 2. The van der Waals surface area contributed by atoms with Crippen LogP contribution in [0, 0.1) is 6.92 Å². The number of hydrogen-bond donors (Lipinski definition) is 0. The average molecular weight is 416 g/mol. The summed E-state index contributed by atoms with van der Waals surface area (Å²) in [6.45, 7) is 1.72. The standard InChI is InChI=1S/C25H20O6/c1-15-23(17-8-4-6-10-20(17)28-2)24(26)18-13-12-16(14-22(18)30-15)31-25(27)19-9-5-7-11-21(19)29-3/h4-14H,1-3H3. The van der Waals surface area contributed by atoms with E-state index >= 15 is 0 Å². The fraction of sp³-hybridized carbons (Fsp3) is 0.120. The second-order valence-electron chi connectivity index (χ2n) is 6.81. The first-order valence-electron chi connectivity index (χ1n) is 9.59. The zero-order chi connectivity index (χ0) is 22.0. The van der Waals surface area contributed by atoms with Crippen LogP contribution < -0.4 is 19.6 Å². The van der Waals surface area contributed by atoms with Gasteiger partial charge in [-0.15, -0.1) is 0 Å². The molecule has 0 aliphatic carbocycles. The fourth-order valence-electron chi connectivity index (χ4n) is 3.49. The number of carbonyl (C=O) groups excluding carboxylic acids is 1. The van der Waals surface area contributed by atoms with Crippen LogP contribution in [0.2, 0.25) is 0 Å². The number of carbonyl (C=O) groups is 1. The Hall–Kier alpha value is -4.06. The van der Waals surface area contributed by atoms with Crippen molar-refractivity contribution >= 4 is 16.9 Å². The molecule has 0 saturated carbocycles. The Balaban J connectivity index is 1.74. The molecular formula is C25H20O6. The number of hydrogen-bond acceptors (Lipinski definition) is 6. The van der Waals surface area contributed by atoms with Crippen LogP contribution in [-0.4, -0.2) is 20.2 Å². The molecule has 6 nitrogen and oxygen atoms in total. The van der Waals surface area contributed by atoms with Gasteiger partial charge in [-0.2, -0.15) is 0 Å². The second-order valence-corrected chi connectivity index (χ2v) is 6.81. The van der Waals surface area contributed by atoms with Crippen molar-refractivity contribution in [3.8, 4) is 28.4 Å². The summed E-state index contributed by atoms with van der Waals surface area (Å²) in [4.78, 5) is 25.8. The summed E-state index contributed by atoms with van der Waals surface area (Å²) in [6.07, 6.45) is 0. The molecule has 4 aromatic rings. The van der Waals surface area contributed by atoms with Crippen LogP contribution in [0.4, 0.5) is 0 Å². The second kappa shape index (κ2) is 8.36. The van der Waals surface area contributed by atoms with Crippen molar-refractivity contribution < 1.29 is 23.4 Å². The molecule has 0 bridgehead atoms. The van der Waals surface area contributed by atoms with E-state index in [-0.39, 0.29) is 11.2 Å².